The number of rotatable bonds is 6. The van der Waals surface area contributed by atoms with Gasteiger partial charge in [-0.3, -0.25) is 14.6 Å². The van der Waals surface area contributed by atoms with Crippen LogP contribution in [-0.2, 0) is 11.3 Å². The molecule has 0 bridgehead atoms. The molecule has 1 aliphatic heterocycles. The summed E-state index contributed by atoms with van der Waals surface area (Å²) in [6, 6.07) is 4.57. The molecule has 3 rings (SSSR count). The number of guanidine groups is 1. The van der Waals surface area contributed by atoms with E-state index in [1.165, 1.54) is 0 Å². The number of aliphatic imine (C=N–C) groups is 1. The van der Waals surface area contributed by atoms with E-state index >= 15 is 0 Å². The number of carboxylic acid groups (broad SMARTS) is 2. The highest BCUT2D eigenvalue weighted by Crippen LogP contribution is 2.24. The van der Waals surface area contributed by atoms with Crippen LogP contribution in [-0.4, -0.2) is 67.2 Å². The Morgan fingerprint density at radius 1 is 1.15 bits per heavy atom. The number of nitrogens with two attached hydrogens (primary N) is 3. The molecule has 1 atom stereocenters. The van der Waals surface area contributed by atoms with Gasteiger partial charge in [0.2, 0.25) is 5.43 Å². The summed E-state index contributed by atoms with van der Waals surface area (Å²) in [6.45, 7) is 2.70. The highest BCUT2D eigenvalue weighted by Gasteiger charge is 2.20. The van der Waals surface area contributed by atoms with Gasteiger partial charge < -0.3 is 53.9 Å². The van der Waals surface area contributed by atoms with Gasteiger partial charge in [-0.1, -0.05) is 24.3 Å². The topological polar surface area (TPSA) is 313 Å². The number of hydrogen-bond acceptors (Lipinski definition) is 5. The smallest absolute Gasteiger partial charge is 0.341 e. The van der Waals surface area contributed by atoms with Crippen LogP contribution < -0.4 is 22.6 Å². The number of benzene rings is 1. The molecular formula is C20H33N5O9. The van der Waals surface area contributed by atoms with Crippen molar-refractivity contribution in [2.24, 2.45) is 22.2 Å². The average Bonchev–Trinajstić information content (AvgIpc) is 2.69. The second kappa shape index (κ2) is 15.1. The van der Waals surface area contributed by atoms with Crippen molar-refractivity contribution in [3.8, 4) is 0 Å². The Bertz CT molecular complexity index is 1090. The van der Waals surface area contributed by atoms with Crippen molar-refractivity contribution in [3.63, 3.8) is 0 Å². The Morgan fingerprint density at radius 2 is 1.76 bits per heavy atom. The maximum atomic E-state index is 12.2. The van der Waals surface area contributed by atoms with Crippen molar-refractivity contribution in [3.05, 3.63) is 51.3 Å². The second-order valence-corrected chi connectivity index (χ2v) is 6.74. The Kier molecular flexibility index (Phi) is 15.4. The first kappa shape index (κ1) is 34.8. The van der Waals surface area contributed by atoms with E-state index in [4.69, 9.17) is 22.3 Å². The molecule has 192 valence electrons. The first-order chi connectivity index (χ1) is 14.1. The van der Waals surface area contributed by atoms with Crippen LogP contribution in [0, 0.1) is 6.92 Å². The molecule has 2 aromatic rings. The first-order valence-corrected chi connectivity index (χ1v) is 9.24. The van der Waals surface area contributed by atoms with Crippen molar-refractivity contribution in [2.75, 3.05) is 6.54 Å². The highest BCUT2D eigenvalue weighted by atomic mass is 16.4. The number of carbonyl (C=O) groups is 2. The van der Waals surface area contributed by atoms with Crippen LogP contribution in [0.5, 0.6) is 0 Å². The van der Waals surface area contributed by atoms with Crippen LogP contribution in [0.15, 0.2) is 34.1 Å². The molecule has 34 heavy (non-hydrogen) atoms. The van der Waals surface area contributed by atoms with Gasteiger partial charge in [0.25, 0.3) is 0 Å². The number of pyridine rings is 1. The summed E-state index contributed by atoms with van der Waals surface area (Å²) >= 11 is 0. The van der Waals surface area contributed by atoms with E-state index in [0.717, 1.165) is 11.1 Å². The van der Waals surface area contributed by atoms with Crippen molar-refractivity contribution in [1.29, 1.82) is 0 Å². The van der Waals surface area contributed by atoms with Crippen LogP contribution in [0.1, 0.15) is 34.5 Å². The second-order valence-electron chi connectivity index (χ2n) is 6.74. The SMILES string of the molecule is Cc1c(C(=O)O)c(=O)c2cccc3c2n1CC=C3.NC(N)=NCCC[C@H](N)C(=O)O.O.O.O.O. The van der Waals surface area contributed by atoms with Crippen LogP contribution in [0.2, 0.25) is 0 Å². The quantitative estimate of drug-likeness (QED) is 0.160. The van der Waals surface area contributed by atoms with Crippen molar-refractivity contribution < 1.29 is 41.7 Å². The van der Waals surface area contributed by atoms with E-state index in [2.05, 4.69) is 4.99 Å². The minimum atomic E-state index is -1.16. The molecule has 1 aromatic heterocycles. The summed E-state index contributed by atoms with van der Waals surface area (Å²) in [5.74, 6) is -2.15. The van der Waals surface area contributed by atoms with Crippen molar-refractivity contribution in [2.45, 2.75) is 32.4 Å². The fraction of sp³-hybridized carbons (Fsp3) is 0.300. The summed E-state index contributed by atoms with van der Waals surface area (Å²) in [7, 11) is 0. The number of aromatic carboxylic acids is 1. The van der Waals surface area contributed by atoms with Gasteiger partial charge in [-0.2, -0.15) is 0 Å². The number of aliphatic carboxylic acids is 1. The van der Waals surface area contributed by atoms with E-state index in [9.17, 15) is 19.5 Å². The molecule has 1 aliphatic rings. The van der Waals surface area contributed by atoms with Gasteiger partial charge >= 0.3 is 11.9 Å². The fourth-order valence-corrected chi connectivity index (χ4v) is 3.19. The Labute approximate surface area is 194 Å². The molecule has 14 nitrogen and oxygen atoms in total. The van der Waals surface area contributed by atoms with Gasteiger partial charge in [0.1, 0.15) is 11.6 Å². The summed E-state index contributed by atoms with van der Waals surface area (Å²) in [6.07, 6.45) is 4.88. The van der Waals surface area contributed by atoms with E-state index < -0.39 is 23.4 Å². The van der Waals surface area contributed by atoms with Gasteiger partial charge in [-0.25, -0.2) is 4.79 Å². The lowest BCUT2D eigenvalue weighted by Crippen LogP contribution is -2.30. The number of aromatic nitrogens is 1. The Morgan fingerprint density at radius 3 is 2.29 bits per heavy atom. The van der Waals surface area contributed by atoms with Crippen molar-refractivity contribution in [1.82, 2.24) is 4.57 Å². The van der Waals surface area contributed by atoms with E-state index in [-0.39, 0.29) is 33.4 Å². The van der Waals surface area contributed by atoms with E-state index in [1.54, 1.807) is 19.1 Å². The van der Waals surface area contributed by atoms with Gasteiger partial charge in [-0.05, 0) is 31.4 Å². The standard InChI is InChI=1S/C14H11NO3.C6H14N4O2.4H2O/c1-8-11(14(17)18)13(16)10-6-2-4-9-5-3-7-15(8)12(9)10;7-4(5(11)12)2-1-3-10-6(8)9;;;;/h2-6H,7H2,1H3,(H,17,18);4H,1-3,7H2,(H,11,12)(H4,8,9,10);4*1H2/t;4-;;;;/m.0..../s1. The molecule has 0 saturated heterocycles. The fourth-order valence-electron chi connectivity index (χ4n) is 3.19. The van der Waals surface area contributed by atoms with Gasteiger partial charge in [0.05, 0.1) is 5.52 Å². The van der Waals surface area contributed by atoms with Crippen LogP contribution in [0.3, 0.4) is 0 Å². The summed E-state index contributed by atoms with van der Waals surface area (Å²) in [4.78, 5) is 37.3. The largest absolute Gasteiger partial charge is 0.480 e. The number of allylic oxidation sites excluding steroid dienone is 1. The number of nitrogens with zero attached hydrogens (tertiary/aromatic N) is 2. The molecule has 0 saturated carbocycles. The summed E-state index contributed by atoms with van der Waals surface area (Å²) in [5.41, 5.74) is 17.1. The molecule has 16 N–H and O–H groups in total. The maximum absolute atomic E-state index is 12.2. The minimum Gasteiger partial charge on any atom is -0.480 e. The number of hydrogen-bond donors (Lipinski definition) is 5. The predicted octanol–water partition coefficient (Wildman–Crippen LogP) is -2.81. The van der Waals surface area contributed by atoms with Crippen LogP contribution in [0.25, 0.3) is 17.0 Å². The number of carboxylic acids is 2. The molecule has 0 unspecified atom stereocenters. The monoisotopic (exact) mass is 487 g/mol. The normalized spacial score (nSPS) is 11.1. The zero-order valence-electron chi connectivity index (χ0n) is 18.5. The Balaban J connectivity index is -0.000000542. The molecule has 0 amide bonds. The maximum Gasteiger partial charge on any atom is 0.341 e. The third-order valence-electron chi connectivity index (χ3n) is 4.66. The molecular weight excluding hydrogens is 454 g/mol. The molecule has 0 radical (unpaired) electrons. The average molecular weight is 488 g/mol. The lowest BCUT2D eigenvalue weighted by atomic mass is 10.0. The lowest BCUT2D eigenvalue weighted by molar-refractivity contribution is -0.138. The zero-order valence-corrected chi connectivity index (χ0v) is 18.5. The summed E-state index contributed by atoms with van der Waals surface area (Å²) in [5, 5.41) is 18.0. The third kappa shape index (κ3) is 7.95. The van der Waals surface area contributed by atoms with Gasteiger partial charge in [0, 0.05) is 24.2 Å². The van der Waals surface area contributed by atoms with E-state index in [1.807, 2.05) is 22.8 Å². The predicted molar refractivity (Wildman–Crippen MR) is 129 cm³/mol. The first-order valence-electron chi connectivity index (χ1n) is 9.24. The lowest BCUT2D eigenvalue weighted by Gasteiger charge is -2.19. The van der Waals surface area contributed by atoms with E-state index in [0.29, 0.717) is 37.0 Å². The van der Waals surface area contributed by atoms with Gasteiger partial charge in [-0.15, -0.1) is 0 Å². The van der Waals surface area contributed by atoms with Gasteiger partial charge in [0.15, 0.2) is 5.96 Å². The van der Waals surface area contributed by atoms with Crippen LogP contribution in [0.4, 0.5) is 0 Å². The molecule has 1 aromatic carbocycles. The number of para-hydroxylation sites is 1. The van der Waals surface area contributed by atoms with Crippen LogP contribution >= 0.6 is 0 Å². The molecule has 0 spiro atoms. The Hall–Kier alpha value is -3.82. The minimum absolute atomic E-state index is 0. The summed E-state index contributed by atoms with van der Waals surface area (Å²) < 4.78 is 1.88. The molecule has 0 fully saturated rings. The molecule has 0 aliphatic carbocycles. The zero-order chi connectivity index (χ0) is 22.4. The molecule has 14 heteroatoms. The highest BCUT2D eigenvalue weighted by molar-refractivity contribution is 5.96. The third-order valence-corrected chi connectivity index (χ3v) is 4.66. The molecule has 2 heterocycles. The van der Waals surface area contributed by atoms with Crippen molar-refractivity contribution >= 4 is 34.9 Å².